The van der Waals surface area contributed by atoms with Crippen molar-refractivity contribution in [2.24, 2.45) is 0 Å². The molecule has 0 radical (unpaired) electrons. The number of benzene rings is 1. The number of carbonyl (C=O) groups is 1. The Morgan fingerprint density at radius 2 is 1.87 bits per heavy atom. The Kier molecular flexibility index (Phi) is 3.14. The fourth-order valence-electron chi connectivity index (χ4n) is 1.39. The van der Waals surface area contributed by atoms with Crippen LogP contribution in [-0.2, 0) is 0 Å². The summed E-state index contributed by atoms with van der Waals surface area (Å²) in [4.78, 5) is 11.6. The average Bonchev–Trinajstić information content (AvgIpc) is 2.20. The molecule has 0 aromatic heterocycles. The predicted octanol–water partition coefficient (Wildman–Crippen LogP) is 2.47. The van der Waals surface area contributed by atoms with Crippen molar-refractivity contribution in [2.45, 2.75) is 20.8 Å². The van der Waals surface area contributed by atoms with Crippen LogP contribution in [0.5, 0.6) is 11.5 Å². The highest BCUT2D eigenvalue weighted by molar-refractivity contribution is 6.07. The summed E-state index contributed by atoms with van der Waals surface area (Å²) < 4.78 is 0. The highest BCUT2D eigenvalue weighted by Crippen LogP contribution is 2.33. The van der Waals surface area contributed by atoms with Crippen LogP contribution in [0.3, 0.4) is 0 Å². The third-order valence-corrected chi connectivity index (χ3v) is 2.28. The molecule has 0 saturated heterocycles. The third-order valence-electron chi connectivity index (χ3n) is 2.28. The molecule has 80 valence electrons. The van der Waals surface area contributed by atoms with E-state index in [-0.39, 0.29) is 22.8 Å². The second-order valence-corrected chi connectivity index (χ2v) is 3.43. The van der Waals surface area contributed by atoms with Crippen molar-refractivity contribution < 1.29 is 15.0 Å². The molecule has 3 heteroatoms. The van der Waals surface area contributed by atoms with Gasteiger partial charge in [0.1, 0.15) is 11.5 Å². The summed E-state index contributed by atoms with van der Waals surface area (Å²) in [7, 11) is 0. The van der Waals surface area contributed by atoms with Gasteiger partial charge in [-0.1, -0.05) is 6.08 Å². The highest BCUT2D eigenvalue weighted by atomic mass is 16.3. The van der Waals surface area contributed by atoms with Gasteiger partial charge in [0.2, 0.25) is 0 Å². The Morgan fingerprint density at radius 3 is 2.40 bits per heavy atom. The van der Waals surface area contributed by atoms with E-state index < -0.39 is 0 Å². The van der Waals surface area contributed by atoms with Gasteiger partial charge in [0.15, 0.2) is 5.78 Å². The second-order valence-electron chi connectivity index (χ2n) is 3.43. The summed E-state index contributed by atoms with van der Waals surface area (Å²) in [5, 5.41) is 19.2. The van der Waals surface area contributed by atoms with E-state index in [0.29, 0.717) is 11.1 Å². The second kappa shape index (κ2) is 4.17. The maximum absolute atomic E-state index is 11.6. The third kappa shape index (κ3) is 2.01. The quantitative estimate of drug-likeness (QED) is 0.577. The Hall–Kier alpha value is -1.77. The van der Waals surface area contributed by atoms with E-state index in [1.165, 1.54) is 12.1 Å². The summed E-state index contributed by atoms with van der Waals surface area (Å²) in [6.45, 7) is 4.99. The van der Waals surface area contributed by atoms with Crippen molar-refractivity contribution in [3.05, 3.63) is 34.9 Å². The molecule has 0 aliphatic carbocycles. The number of phenolic OH excluding ortho intramolecular Hbond substituents is 2. The van der Waals surface area contributed by atoms with E-state index in [4.69, 9.17) is 0 Å². The van der Waals surface area contributed by atoms with Gasteiger partial charge >= 0.3 is 0 Å². The summed E-state index contributed by atoms with van der Waals surface area (Å²) >= 11 is 0. The molecule has 0 unspecified atom stereocenters. The van der Waals surface area contributed by atoms with Crippen LogP contribution >= 0.6 is 0 Å². The van der Waals surface area contributed by atoms with Gasteiger partial charge in [0, 0.05) is 5.56 Å². The summed E-state index contributed by atoms with van der Waals surface area (Å²) in [6, 6.07) is 1.49. The first-order chi connectivity index (χ1) is 6.99. The number of phenols is 2. The summed E-state index contributed by atoms with van der Waals surface area (Å²) in [6.07, 6.45) is 2.99. The molecule has 0 saturated carbocycles. The van der Waals surface area contributed by atoms with Gasteiger partial charge < -0.3 is 10.2 Å². The standard InChI is InChI=1S/C12H14O3/c1-4-5-10(13)9-6-7(2)11(14)8(3)12(9)15/h4-6,14-15H,1-3H3/b5-4+. The molecule has 0 aliphatic heterocycles. The number of aryl methyl sites for hydroxylation is 1. The summed E-state index contributed by atoms with van der Waals surface area (Å²) in [5.74, 6) is -0.382. The fourth-order valence-corrected chi connectivity index (χ4v) is 1.39. The smallest absolute Gasteiger partial charge is 0.189 e. The molecular weight excluding hydrogens is 192 g/mol. The first-order valence-corrected chi connectivity index (χ1v) is 4.68. The minimum atomic E-state index is -0.263. The molecular formula is C12H14O3. The van der Waals surface area contributed by atoms with Crippen LogP contribution in [0.15, 0.2) is 18.2 Å². The van der Waals surface area contributed by atoms with Crippen LogP contribution < -0.4 is 0 Å². The number of hydrogen-bond donors (Lipinski definition) is 2. The lowest BCUT2D eigenvalue weighted by Gasteiger charge is -2.09. The van der Waals surface area contributed by atoms with Crippen molar-refractivity contribution in [3.63, 3.8) is 0 Å². The van der Waals surface area contributed by atoms with E-state index in [0.717, 1.165) is 0 Å². The Morgan fingerprint density at radius 1 is 1.27 bits per heavy atom. The lowest BCUT2D eigenvalue weighted by molar-refractivity contribution is 0.104. The van der Waals surface area contributed by atoms with E-state index in [1.807, 2.05) is 0 Å². The van der Waals surface area contributed by atoms with Gasteiger partial charge in [0.25, 0.3) is 0 Å². The number of carbonyl (C=O) groups excluding carboxylic acids is 1. The van der Waals surface area contributed by atoms with E-state index in [1.54, 1.807) is 26.8 Å². The number of aromatic hydroxyl groups is 2. The lowest BCUT2D eigenvalue weighted by Crippen LogP contribution is -1.98. The molecule has 3 nitrogen and oxygen atoms in total. The van der Waals surface area contributed by atoms with Crippen LogP contribution in [0.2, 0.25) is 0 Å². The normalized spacial score (nSPS) is 10.9. The molecule has 0 bridgehead atoms. The van der Waals surface area contributed by atoms with Gasteiger partial charge in [-0.3, -0.25) is 4.79 Å². The first-order valence-electron chi connectivity index (χ1n) is 4.68. The van der Waals surface area contributed by atoms with Crippen molar-refractivity contribution in [3.8, 4) is 11.5 Å². The van der Waals surface area contributed by atoms with Crippen LogP contribution in [-0.4, -0.2) is 16.0 Å². The Bertz CT molecular complexity index is 431. The summed E-state index contributed by atoms with van der Waals surface area (Å²) in [5.41, 5.74) is 1.14. The zero-order chi connectivity index (χ0) is 11.6. The maximum atomic E-state index is 11.6. The molecule has 1 aromatic carbocycles. The molecule has 0 amide bonds. The van der Waals surface area contributed by atoms with Crippen molar-refractivity contribution in [2.75, 3.05) is 0 Å². The van der Waals surface area contributed by atoms with E-state index in [2.05, 4.69) is 0 Å². The minimum absolute atomic E-state index is 0.0320. The van der Waals surface area contributed by atoms with Gasteiger partial charge in [0.05, 0.1) is 5.56 Å². The molecule has 0 heterocycles. The first kappa shape index (κ1) is 11.3. The number of allylic oxidation sites excluding steroid dienone is 2. The molecule has 15 heavy (non-hydrogen) atoms. The zero-order valence-electron chi connectivity index (χ0n) is 9.03. The largest absolute Gasteiger partial charge is 0.507 e. The maximum Gasteiger partial charge on any atom is 0.189 e. The monoisotopic (exact) mass is 206 g/mol. The predicted molar refractivity (Wildman–Crippen MR) is 58.4 cm³/mol. The fraction of sp³-hybridized carbons (Fsp3) is 0.250. The molecule has 2 N–H and O–H groups in total. The van der Waals surface area contributed by atoms with Crippen LogP contribution in [0.1, 0.15) is 28.4 Å². The molecule has 0 fully saturated rings. The molecule has 1 aromatic rings. The van der Waals surface area contributed by atoms with E-state index in [9.17, 15) is 15.0 Å². The van der Waals surface area contributed by atoms with Crippen LogP contribution in [0.25, 0.3) is 0 Å². The Balaban J connectivity index is 3.38. The van der Waals surface area contributed by atoms with Gasteiger partial charge in [-0.05, 0) is 38.5 Å². The van der Waals surface area contributed by atoms with Crippen molar-refractivity contribution in [1.29, 1.82) is 0 Å². The topological polar surface area (TPSA) is 57.5 Å². The number of hydrogen-bond acceptors (Lipinski definition) is 3. The number of rotatable bonds is 2. The lowest BCUT2D eigenvalue weighted by atomic mass is 10.0. The molecule has 0 atom stereocenters. The minimum Gasteiger partial charge on any atom is -0.507 e. The molecule has 1 rings (SSSR count). The highest BCUT2D eigenvalue weighted by Gasteiger charge is 2.15. The average molecular weight is 206 g/mol. The molecule has 0 aliphatic rings. The van der Waals surface area contributed by atoms with Crippen LogP contribution in [0, 0.1) is 13.8 Å². The number of ketones is 1. The SMILES string of the molecule is C/C=C/C(=O)c1cc(C)c(O)c(C)c1O. The Labute approximate surface area is 88.7 Å². The van der Waals surface area contributed by atoms with Gasteiger partial charge in [-0.15, -0.1) is 0 Å². The van der Waals surface area contributed by atoms with Gasteiger partial charge in [-0.25, -0.2) is 0 Å². The van der Waals surface area contributed by atoms with E-state index >= 15 is 0 Å². The van der Waals surface area contributed by atoms with Crippen molar-refractivity contribution in [1.82, 2.24) is 0 Å². The zero-order valence-corrected chi connectivity index (χ0v) is 9.03. The van der Waals surface area contributed by atoms with Crippen LogP contribution in [0.4, 0.5) is 0 Å². The van der Waals surface area contributed by atoms with Crippen molar-refractivity contribution >= 4 is 5.78 Å². The van der Waals surface area contributed by atoms with Gasteiger partial charge in [-0.2, -0.15) is 0 Å². The molecule has 0 spiro atoms.